The standard InChI is InChI=1S/C49H87N7O19/c1-27(55(14)44(65)74-48(8,9)10)35(60)41(68-22-20-57)71-37-31(53-39(62)33(58)17-18-51-42(63)72-46(2,3)4)24-32(54-43(64)73-47(5,6)7)38(36(37)61)70-40-30(16-15-28(25-50)69-40)52-34(59)23-29-26-56(19-21-67-29)45(66)75-49(11,12)13/h15,27,29-33,35-38,40-41,57-58,60-61H,16-26,50H2,1-14H3,(H,51,63)(H,52,59)(H,53,62)(H,54,64)/t27-,29?,30+,31+,32-,33-,35+,36+,37-,38+,40+,41+/m0/s1. The van der Waals surface area contributed by atoms with Crippen molar-refractivity contribution < 1.29 is 91.8 Å². The molecule has 432 valence electrons. The quantitative estimate of drug-likeness (QED) is 0.0611. The van der Waals surface area contributed by atoms with Crippen molar-refractivity contribution in [1.82, 2.24) is 31.1 Å². The fourth-order valence-corrected chi connectivity index (χ4v) is 7.82. The van der Waals surface area contributed by atoms with Gasteiger partial charge in [-0.25, -0.2) is 19.2 Å². The van der Waals surface area contributed by atoms with Gasteiger partial charge in [0.1, 0.15) is 58.7 Å². The van der Waals surface area contributed by atoms with E-state index < -0.39 is 145 Å². The molecule has 0 aromatic heterocycles. The maximum Gasteiger partial charge on any atom is 0.410 e. The number of carbonyl (C=O) groups excluding carboxylic acids is 6. The Bertz CT molecular complexity index is 1920. The van der Waals surface area contributed by atoms with Crippen molar-refractivity contribution in [2.24, 2.45) is 5.73 Å². The maximum atomic E-state index is 13.9. The van der Waals surface area contributed by atoms with Gasteiger partial charge in [0.05, 0.1) is 69.6 Å². The first-order valence-electron chi connectivity index (χ1n) is 25.3. The van der Waals surface area contributed by atoms with E-state index in [0.29, 0.717) is 0 Å². The van der Waals surface area contributed by atoms with Crippen LogP contribution in [-0.4, -0.2) is 215 Å². The highest BCUT2D eigenvalue weighted by molar-refractivity contribution is 5.81. The first-order valence-corrected chi connectivity index (χ1v) is 25.3. The van der Waals surface area contributed by atoms with Gasteiger partial charge in [-0.3, -0.25) is 9.59 Å². The molecule has 1 saturated heterocycles. The number of aliphatic hydroxyl groups excluding tert-OH is 4. The Hall–Kier alpha value is -4.80. The number of rotatable bonds is 20. The lowest BCUT2D eigenvalue weighted by Gasteiger charge is -2.47. The molecular weight excluding hydrogens is 991 g/mol. The lowest BCUT2D eigenvalue weighted by molar-refractivity contribution is -0.276. The molecule has 75 heavy (non-hydrogen) atoms. The van der Waals surface area contributed by atoms with Crippen LogP contribution >= 0.6 is 0 Å². The van der Waals surface area contributed by atoms with Gasteiger partial charge >= 0.3 is 24.4 Å². The van der Waals surface area contributed by atoms with Gasteiger partial charge in [-0.1, -0.05) is 0 Å². The average Bonchev–Trinajstić information content (AvgIpc) is 3.27. The van der Waals surface area contributed by atoms with E-state index in [1.807, 2.05) is 0 Å². The Balaban J connectivity index is 2.06. The van der Waals surface area contributed by atoms with Crippen molar-refractivity contribution in [2.75, 3.05) is 53.0 Å². The summed E-state index contributed by atoms with van der Waals surface area (Å²) in [5.74, 6) is -1.26. The molecule has 3 rings (SSSR count). The molecule has 1 aliphatic carbocycles. The third-order valence-corrected chi connectivity index (χ3v) is 11.4. The number of aliphatic hydroxyl groups is 4. The molecule has 1 saturated carbocycles. The van der Waals surface area contributed by atoms with Crippen LogP contribution in [0.2, 0.25) is 0 Å². The van der Waals surface area contributed by atoms with Crippen LogP contribution in [0, 0.1) is 0 Å². The molecular formula is C49H87N7O19. The number of ether oxygens (including phenoxy) is 9. The normalized spacial score (nSPS) is 25.2. The molecule has 2 aliphatic heterocycles. The molecule has 1 unspecified atom stereocenters. The number of carbonyl (C=O) groups is 6. The summed E-state index contributed by atoms with van der Waals surface area (Å²) in [7, 11) is 1.36. The molecule has 2 fully saturated rings. The van der Waals surface area contributed by atoms with E-state index in [4.69, 9.17) is 48.4 Å². The number of morpholine rings is 1. The third-order valence-electron chi connectivity index (χ3n) is 11.4. The Labute approximate surface area is 440 Å². The fraction of sp³-hybridized carbons (Fsp3) is 0.837. The number of hydrogen-bond acceptors (Lipinski definition) is 20. The fourth-order valence-electron chi connectivity index (χ4n) is 7.82. The number of nitrogens with two attached hydrogens (primary N) is 1. The molecule has 3 aliphatic rings. The molecule has 6 amide bonds. The number of nitrogens with zero attached hydrogens (tertiary/aromatic N) is 2. The first kappa shape index (κ1) is 64.5. The lowest BCUT2D eigenvalue weighted by atomic mass is 9.83. The molecule has 0 radical (unpaired) electrons. The maximum absolute atomic E-state index is 13.9. The molecule has 0 aromatic carbocycles. The number of alkyl carbamates (subject to hydrolysis) is 2. The monoisotopic (exact) mass is 1080 g/mol. The predicted molar refractivity (Wildman–Crippen MR) is 267 cm³/mol. The van der Waals surface area contributed by atoms with E-state index >= 15 is 0 Å². The van der Waals surface area contributed by atoms with Crippen molar-refractivity contribution in [3.05, 3.63) is 11.8 Å². The summed E-state index contributed by atoms with van der Waals surface area (Å²) in [6.45, 7) is 20.7. The summed E-state index contributed by atoms with van der Waals surface area (Å²) in [5.41, 5.74) is 2.51. The number of nitrogens with one attached hydrogen (secondary N) is 4. The molecule has 12 atom stereocenters. The Kier molecular flexibility index (Phi) is 24.1. The Morgan fingerprint density at radius 3 is 2.03 bits per heavy atom. The zero-order valence-corrected chi connectivity index (χ0v) is 46.2. The number of likely N-dealkylation sites (N-methyl/N-ethyl adjacent to an activating group) is 1. The van der Waals surface area contributed by atoms with Gasteiger partial charge in [-0.15, -0.1) is 0 Å². The zero-order valence-electron chi connectivity index (χ0n) is 46.2. The van der Waals surface area contributed by atoms with Crippen molar-refractivity contribution in [2.45, 2.75) is 211 Å². The van der Waals surface area contributed by atoms with Crippen LogP contribution in [0.4, 0.5) is 19.2 Å². The summed E-state index contributed by atoms with van der Waals surface area (Å²) in [5, 5.41) is 56.1. The Morgan fingerprint density at radius 2 is 1.44 bits per heavy atom. The topological polar surface area (TPSA) is 347 Å². The van der Waals surface area contributed by atoms with E-state index in [2.05, 4.69) is 21.3 Å². The highest BCUT2D eigenvalue weighted by Crippen LogP contribution is 2.32. The summed E-state index contributed by atoms with van der Waals surface area (Å²) in [6, 6.07) is -4.75. The molecule has 0 spiro atoms. The largest absolute Gasteiger partial charge is 0.466 e. The lowest BCUT2D eigenvalue weighted by Crippen LogP contribution is -2.68. The molecule has 10 N–H and O–H groups in total. The highest BCUT2D eigenvalue weighted by Gasteiger charge is 2.51. The van der Waals surface area contributed by atoms with Gasteiger partial charge in [0.2, 0.25) is 18.1 Å². The minimum Gasteiger partial charge on any atom is -0.466 e. The second-order valence-electron chi connectivity index (χ2n) is 22.7. The second-order valence-corrected chi connectivity index (χ2v) is 22.7. The summed E-state index contributed by atoms with van der Waals surface area (Å²) in [6.07, 6.45) is -14.8. The van der Waals surface area contributed by atoms with E-state index in [0.717, 1.165) is 4.90 Å². The predicted octanol–water partition coefficient (Wildman–Crippen LogP) is 1.23. The van der Waals surface area contributed by atoms with Crippen LogP contribution in [0.15, 0.2) is 11.8 Å². The van der Waals surface area contributed by atoms with Crippen LogP contribution in [-0.2, 0) is 52.2 Å². The van der Waals surface area contributed by atoms with Crippen molar-refractivity contribution in [1.29, 1.82) is 0 Å². The SMILES string of the molecule is C[C@@H]([C@@H](O)[C@H](OCCO)O[C@@H]1[C@@H](O)[C@H](O[C@H]2OC(CN)=CC[C@H]2NC(=O)CC2CN(C(=O)OC(C)(C)C)CCO2)[C@@H](NC(=O)OC(C)(C)C)C[C@H]1NC(=O)[C@@H](O)CCNC(=O)OC(C)(C)C)N(C)C(=O)OC(C)(C)C. The molecule has 26 heteroatoms. The smallest absolute Gasteiger partial charge is 0.410 e. The van der Waals surface area contributed by atoms with Crippen LogP contribution in [0.25, 0.3) is 0 Å². The highest BCUT2D eigenvalue weighted by atomic mass is 16.7. The molecule has 0 bridgehead atoms. The molecule has 0 aromatic rings. The van der Waals surface area contributed by atoms with Crippen LogP contribution in [0.5, 0.6) is 0 Å². The van der Waals surface area contributed by atoms with Crippen molar-refractivity contribution in [3.63, 3.8) is 0 Å². The van der Waals surface area contributed by atoms with Crippen molar-refractivity contribution >= 4 is 36.2 Å². The van der Waals surface area contributed by atoms with E-state index in [1.54, 1.807) is 89.2 Å². The van der Waals surface area contributed by atoms with Crippen molar-refractivity contribution in [3.8, 4) is 0 Å². The van der Waals surface area contributed by atoms with Gasteiger partial charge in [0, 0.05) is 20.1 Å². The average molecular weight is 1080 g/mol. The second kappa shape index (κ2) is 28.0. The first-order chi connectivity index (χ1) is 34.6. The van der Waals surface area contributed by atoms with Crippen LogP contribution in [0.3, 0.4) is 0 Å². The van der Waals surface area contributed by atoms with Gasteiger partial charge in [-0.05, 0) is 115 Å². The summed E-state index contributed by atoms with van der Waals surface area (Å²) < 4.78 is 52.6. The Morgan fingerprint density at radius 1 is 0.840 bits per heavy atom. The zero-order chi connectivity index (χ0) is 56.8. The van der Waals surface area contributed by atoms with E-state index in [1.165, 1.54) is 18.9 Å². The minimum atomic E-state index is -1.93. The van der Waals surface area contributed by atoms with Gasteiger partial charge in [0.15, 0.2) is 6.29 Å². The van der Waals surface area contributed by atoms with E-state index in [9.17, 15) is 49.2 Å². The molecule has 2 heterocycles. The van der Waals surface area contributed by atoms with E-state index in [-0.39, 0.29) is 64.2 Å². The summed E-state index contributed by atoms with van der Waals surface area (Å²) >= 11 is 0. The van der Waals surface area contributed by atoms with Gasteiger partial charge < -0.3 is 99.9 Å². The third kappa shape index (κ3) is 22.4. The number of hydrogen-bond donors (Lipinski definition) is 9. The molecule has 26 nitrogen and oxygen atoms in total. The van der Waals surface area contributed by atoms with Crippen LogP contribution < -0.4 is 27.0 Å². The van der Waals surface area contributed by atoms with Gasteiger partial charge in [0.25, 0.3) is 0 Å². The number of amides is 6. The summed E-state index contributed by atoms with van der Waals surface area (Å²) in [4.78, 5) is 82.1. The van der Waals surface area contributed by atoms with Crippen LogP contribution in [0.1, 0.15) is 116 Å². The minimum absolute atomic E-state index is 0.0693. The van der Waals surface area contributed by atoms with Gasteiger partial charge in [-0.2, -0.15) is 0 Å².